The fourth-order valence-electron chi connectivity index (χ4n) is 1.83. The number of allylic oxidation sites excluding steroid dienone is 4. The van der Waals surface area contributed by atoms with E-state index >= 15 is 0 Å². The number of rotatable bonds is 4. The Balaban J connectivity index is 0.000000346. The zero-order valence-electron chi connectivity index (χ0n) is 13.6. The number of nitrogens with one attached hydrogen (secondary N) is 2. The van der Waals surface area contributed by atoms with Gasteiger partial charge in [-0.1, -0.05) is 25.2 Å². The number of aromatic nitrogens is 1. The van der Waals surface area contributed by atoms with E-state index < -0.39 is 5.54 Å². The third kappa shape index (κ3) is 5.73. The van der Waals surface area contributed by atoms with E-state index in [4.69, 9.17) is 28.9 Å². The van der Waals surface area contributed by atoms with E-state index in [9.17, 15) is 0 Å². The molecule has 2 rings (SSSR count). The second-order valence-corrected chi connectivity index (χ2v) is 6.59. The fourth-order valence-corrected chi connectivity index (χ4v) is 1.96. The van der Waals surface area contributed by atoms with Gasteiger partial charge in [0.1, 0.15) is 4.64 Å². The first kappa shape index (κ1) is 18.6. The standard InChI is InChI=1S/C12H15N3S.C4H11NO/c1-7(15-13)5-10-8(2)12(10)9-3-4-11(16)14-6-9;1-4(2,5)3-6/h3-6,8,15H,13H2,1-2H3,(H,14,16);6H,3,5H2,1-2H3/b7-5-;. The van der Waals surface area contributed by atoms with Crippen molar-refractivity contribution in [3.8, 4) is 0 Å². The predicted molar refractivity (Wildman–Crippen MR) is 94.1 cm³/mol. The van der Waals surface area contributed by atoms with Gasteiger partial charge in [-0.25, -0.2) is 0 Å². The Morgan fingerprint density at radius 3 is 2.50 bits per heavy atom. The molecule has 1 aliphatic rings. The van der Waals surface area contributed by atoms with Gasteiger partial charge in [0.05, 0.1) is 6.61 Å². The lowest BCUT2D eigenvalue weighted by atomic mass is 10.1. The monoisotopic (exact) mass is 322 g/mol. The first-order valence-corrected chi connectivity index (χ1v) is 7.58. The van der Waals surface area contributed by atoms with Crippen LogP contribution >= 0.6 is 12.2 Å². The molecule has 0 fully saturated rings. The number of pyridine rings is 1. The Bertz CT molecular complexity index is 605. The number of hydrazine groups is 1. The molecule has 1 aromatic heterocycles. The number of aliphatic hydroxyl groups is 1. The van der Waals surface area contributed by atoms with Gasteiger partial charge in [-0.05, 0) is 49.6 Å². The Kier molecular flexibility index (Phi) is 6.49. The van der Waals surface area contributed by atoms with E-state index in [1.165, 1.54) is 16.7 Å². The van der Waals surface area contributed by atoms with Crippen LogP contribution in [0.5, 0.6) is 0 Å². The van der Waals surface area contributed by atoms with Crippen molar-refractivity contribution in [1.82, 2.24) is 10.4 Å². The van der Waals surface area contributed by atoms with Crippen LogP contribution in [0.4, 0.5) is 0 Å². The third-order valence-corrected chi connectivity index (χ3v) is 3.48. The number of nitrogens with two attached hydrogens (primary N) is 2. The molecule has 0 saturated carbocycles. The molecule has 1 unspecified atom stereocenters. The smallest absolute Gasteiger partial charge is 0.103 e. The van der Waals surface area contributed by atoms with Gasteiger partial charge in [0.2, 0.25) is 0 Å². The van der Waals surface area contributed by atoms with E-state index in [2.05, 4.69) is 29.5 Å². The van der Waals surface area contributed by atoms with Gasteiger partial charge >= 0.3 is 0 Å². The number of aliphatic hydroxyl groups excluding tert-OH is 1. The van der Waals surface area contributed by atoms with Crippen molar-refractivity contribution in [1.29, 1.82) is 0 Å². The molecule has 7 N–H and O–H groups in total. The molecule has 0 aliphatic heterocycles. The Morgan fingerprint density at radius 2 is 2.09 bits per heavy atom. The second kappa shape index (κ2) is 7.69. The van der Waals surface area contributed by atoms with Crippen LogP contribution in [0, 0.1) is 10.6 Å². The lowest BCUT2D eigenvalue weighted by Gasteiger charge is -2.12. The molecule has 0 saturated heterocycles. The van der Waals surface area contributed by atoms with Crippen LogP contribution in [0.15, 0.2) is 35.7 Å². The summed E-state index contributed by atoms with van der Waals surface area (Å²) in [6, 6.07) is 3.97. The highest BCUT2D eigenvalue weighted by atomic mass is 32.1. The summed E-state index contributed by atoms with van der Waals surface area (Å²) in [4.78, 5) is 3.05. The SMILES string of the molecule is C/C(=C/C1=C(c2ccc(=S)[nH]c2)C1C)NN.CC(C)(N)CO. The molecule has 22 heavy (non-hydrogen) atoms. The molecular weight excluding hydrogens is 296 g/mol. The maximum atomic E-state index is 8.28. The fraction of sp³-hybridized carbons (Fsp3) is 0.438. The van der Waals surface area contributed by atoms with Crippen molar-refractivity contribution in [3.05, 3.63) is 45.9 Å². The number of hydrogen-bond donors (Lipinski definition) is 5. The predicted octanol–water partition coefficient (Wildman–Crippen LogP) is 2.23. The van der Waals surface area contributed by atoms with E-state index in [1.807, 2.05) is 19.2 Å². The minimum absolute atomic E-state index is 0.0486. The molecule has 0 spiro atoms. The van der Waals surface area contributed by atoms with Crippen molar-refractivity contribution in [2.24, 2.45) is 17.5 Å². The lowest BCUT2D eigenvalue weighted by molar-refractivity contribution is 0.221. The Labute approximate surface area is 137 Å². The van der Waals surface area contributed by atoms with Crippen molar-refractivity contribution < 1.29 is 5.11 Å². The van der Waals surface area contributed by atoms with E-state index in [1.54, 1.807) is 13.8 Å². The molecule has 6 heteroatoms. The van der Waals surface area contributed by atoms with Crippen LogP contribution in [0.2, 0.25) is 0 Å². The maximum absolute atomic E-state index is 8.28. The third-order valence-electron chi connectivity index (χ3n) is 3.23. The number of H-pyrrole nitrogens is 1. The van der Waals surface area contributed by atoms with Gasteiger partial charge in [0.25, 0.3) is 0 Å². The van der Waals surface area contributed by atoms with E-state index in [0.717, 1.165) is 10.3 Å². The van der Waals surface area contributed by atoms with Crippen LogP contribution < -0.4 is 17.0 Å². The molecule has 1 aliphatic carbocycles. The highest BCUT2D eigenvalue weighted by Gasteiger charge is 2.31. The maximum Gasteiger partial charge on any atom is 0.103 e. The van der Waals surface area contributed by atoms with Crippen molar-refractivity contribution in [2.45, 2.75) is 33.2 Å². The summed E-state index contributed by atoms with van der Waals surface area (Å²) in [6.45, 7) is 7.73. The zero-order valence-corrected chi connectivity index (χ0v) is 14.4. The Hall–Kier alpha value is -1.47. The van der Waals surface area contributed by atoms with Gasteiger partial charge in [0, 0.05) is 23.4 Å². The van der Waals surface area contributed by atoms with E-state index in [0.29, 0.717) is 5.92 Å². The summed E-state index contributed by atoms with van der Waals surface area (Å²) in [5.74, 6) is 5.84. The lowest BCUT2D eigenvalue weighted by Crippen LogP contribution is -2.35. The summed E-state index contributed by atoms with van der Waals surface area (Å²) < 4.78 is 0.759. The minimum atomic E-state index is -0.403. The van der Waals surface area contributed by atoms with Crippen LogP contribution in [0.1, 0.15) is 33.3 Å². The van der Waals surface area contributed by atoms with Crippen molar-refractivity contribution in [2.75, 3.05) is 6.61 Å². The van der Waals surface area contributed by atoms with E-state index in [-0.39, 0.29) is 6.61 Å². The largest absolute Gasteiger partial charge is 0.394 e. The normalized spacial score (nSPS) is 17.8. The van der Waals surface area contributed by atoms with Crippen molar-refractivity contribution >= 4 is 17.8 Å². The minimum Gasteiger partial charge on any atom is -0.394 e. The summed E-state index contributed by atoms with van der Waals surface area (Å²) >= 11 is 5.02. The van der Waals surface area contributed by atoms with Gasteiger partial charge < -0.3 is 21.2 Å². The number of hydrogen-bond acceptors (Lipinski definition) is 5. The van der Waals surface area contributed by atoms with Crippen LogP contribution in [-0.2, 0) is 0 Å². The van der Waals surface area contributed by atoms with Crippen LogP contribution in [-0.4, -0.2) is 22.2 Å². The highest BCUT2D eigenvalue weighted by molar-refractivity contribution is 7.71. The Morgan fingerprint density at radius 1 is 1.50 bits per heavy atom. The molecule has 1 atom stereocenters. The van der Waals surface area contributed by atoms with Gasteiger partial charge in [0.15, 0.2) is 0 Å². The van der Waals surface area contributed by atoms with Gasteiger partial charge in [-0.3, -0.25) is 5.84 Å². The zero-order chi connectivity index (χ0) is 16.9. The van der Waals surface area contributed by atoms with Gasteiger partial charge in [-0.2, -0.15) is 0 Å². The average molecular weight is 322 g/mol. The first-order chi connectivity index (χ1) is 10.2. The summed E-state index contributed by atoms with van der Waals surface area (Å²) in [6.07, 6.45) is 4.04. The molecule has 0 bridgehead atoms. The topological polar surface area (TPSA) is 100 Å². The highest BCUT2D eigenvalue weighted by Crippen LogP contribution is 2.47. The molecule has 1 heterocycles. The second-order valence-electron chi connectivity index (χ2n) is 6.15. The van der Waals surface area contributed by atoms with Crippen LogP contribution in [0.25, 0.3) is 5.57 Å². The number of aromatic amines is 1. The molecule has 122 valence electrons. The molecule has 1 aromatic rings. The molecule has 0 radical (unpaired) electrons. The summed E-state index contributed by atoms with van der Waals surface area (Å²) in [7, 11) is 0. The quantitative estimate of drug-likeness (QED) is 0.332. The van der Waals surface area contributed by atoms with Crippen LogP contribution in [0.3, 0.4) is 0 Å². The average Bonchev–Trinajstić information content (AvgIpc) is 3.09. The van der Waals surface area contributed by atoms with Gasteiger partial charge in [-0.15, -0.1) is 0 Å². The molecule has 0 amide bonds. The first-order valence-electron chi connectivity index (χ1n) is 7.17. The summed E-state index contributed by atoms with van der Waals surface area (Å²) in [5.41, 5.74) is 12.4. The molecule has 5 nitrogen and oxygen atoms in total. The molecular formula is C16H26N4OS. The summed E-state index contributed by atoms with van der Waals surface area (Å²) in [5, 5.41) is 8.28. The molecule has 0 aromatic carbocycles. The van der Waals surface area contributed by atoms with Crippen molar-refractivity contribution in [3.63, 3.8) is 0 Å².